The van der Waals surface area contributed by atoms with Gasteiger partial charge in [-0.15, -0.1) is 5.10 Å². The second kappa shape index (κ2) is 7.15. The molecule has 114 valence electrons. The average molecular weight is 288 g/mol. The van der Waals surface area contributed by atoms with Crippen molar-refractivity contribution < 1.29 is 0 Å². The number of rotatable bonds is 7. The van der Waals surface area contributed by atoms with Crippen LogP contribution in [0.2, 0.25) is 0 Å². The molecule has 0 radical (unpaired) electrons. The minimum atomic E-state index is 0.325. The summed E-state index contributed by atoms with van der Waals surface area (Å²) < 4.78 is 1.91. The van der Waals surface area contributed by atoms with Gasteiger partial charge in [0.1, 0.15) is 17.8 Å². The third kappa shape index (κ3) is 3.37. The van der Waals surface area contributed by atoms with Gasteiger partial charge in [-0.2, -0.15) is 0 Å². The molecule has 2 aromatic heterocycles. The lowest BCUT2D eigenvalue weighted by atomic mass is 10.00. The maximum Gasteiger partial charge on any atom is 0.133 e. The molecule has 2 heterocycles. The molecular formula is C15H24N6. The van der Waals surface area contributed by atoms with Crippen molar-refractivity contribution in [3.05, 3.63) is 18.1 Å². The van der Waals surface area contributed by atoms with Gasteiger partial charge in [0.05, 0.1) is 11.9 Å². The molecule has 0 saturated carbocycles. The topological polar surface area (TPSA) is 68.5 Å². The molecule has 0 saturated heterocycles. The number of nitrogens with one attached hydrogen (secondary N) is 1. The van der Waals surface area contributed by atoms with Gasteiger partial charge >= 0.3 is 0 Å². The minimum absolute atomic E-state index is 0.325. The van der Waals surface area contributed by atoms with E-state index in [0.29, 0.717) is 5.92 Å². The van der Waals surface area contributed by atoms with Crippen LogP contribution in [0.5, 0.6) is 0 Å². The molecule has 2 rings (SSSR count). The summed E-state index contributed by atoms with van der Waals surface area (Å²) in [5.74, 6) is 1.24. The van der Waals surface area contributed by atoms with Gasteiger partial charge in [0.15, 0.2) is 0 Å². The van der Waals surface area contributed by atoms with Gasteiger partial charge in [-0.3, -0.25) is 0 Å². The van der Waals surface area contributed by atoms with Crippen LogP contribution in [0.25, 0.3) is 11.4 Å². The van der Waals surface area contributed by atoms with E-state index in [2.05, 4.69) is 53.3 Å². The van der Waals surface area contributed by atoms with Crippen molar-refractivity contribution >= 4 is 5.82 Å². The van der Waals surface area contributed by atoms with E-state index in [1.807, 2.05) is 4.68 Å². The predicted octanol–water partition coefficient (Wildman–Crippen LogP) is 3.09. The van der Waals surface area contributed by atoms with Crippen LogP contribution in [0.1, 0.15) is 52.0 Å². The molecule has 0 aliphatic rings. The number of hydrogen-bond acceptors (Lipinski definition) is 5. The summed E-state index contributed by atoms with van der Waals surface area (Å²) in [7, 11) is 0. The van der Waals surface area contributed by atoms with Crippen LogP contribution in [0.4, 0.5) is 5.82 Å². The van der Waals surface area contributed by atoms with Crippen molar-refractivity contribution in [2.24, 2.45) is 0 Å². The Kier molecular flexibility index (Phi) is 5.25. The van der Waals surface area contributed by atoms with Crippen molar-refractivity contribution in [2.75, 3.05) is 11.9 Å². The Labute approximate surface area is 126 Å². The van der Waals surface area contributed by atoms with E-state index in [1.54, 1.807) is 12.5 Å². The van der Waals surface area contributed by atoms with Gasteiger partial charge in [-0.05, 0) is 18.8 Å². The van der Waals surface area contributed by atoms with E-state index in [-0.39, 0.29) is 0 Å². The largest absolute Gasteiger partial charge is 0.370 e. The van der Waals surface area contributed by atoms with Crippen molar-refractivity contribution in [3.8, 4) is 11.4 Å². The molecule has 0 unspecified atom stereocenters. The first-order chi connectivity index (χ1) is 10.2. The zero-order chi connectivity index (χ0) is 15.2. The van der Waals surface area contributed by atoms with Crippen LogP contribution in [0.3, 0.4) is 0 Å². The molecule has 6 heteroatoms. The Bertz CT molecular complexity index is 575. The first kappa shape index (κ1) is 15.4. The van der Waals surface area contributed by atoms with Crippen LogP contribution in [-0.2, 0) is 6.54 Å². The third-order valence-corrected chi connectivity index (χ3v) is 3.30. The highest BCUT2D eigenvalue weighted by Crippen LogP contribution is 2.31. The predicted molar refractivity (Wildman–Crippen MR) is 84.2 cm³/mol. The van der Waals surface area contributed by atoms with E-state index in [0.717, 1.165) is 48.7 Å². The summed E-state index contributed by atoms with van der Waals surface area (Å²) in [4.78, 5) is 8.91. The van der Waals surface area contributed by atoms with Crippen LogP contribution >= 0.6 is 0 Å². The highest BCUT2D eigenvalue weighted by molar-refractivity contribution is 5.66. The summed E-state index contributed by atoms with van der Waals surface area (Å²) in [6.45, 7) is 10.3. The van der Waals surface area contributed by atoms with E-state index < -0.39 is 0 Å². The Morgan fingerprint density at radius 2 is 2.00 bits per heavy atom. The lowest BCUT2D eigenvalue weighted by Gasteiger charge is -2.17. The summed E-state index contributed by atoms with van der Waals surface area (Å²) in [5.41, 5.74) is 3.02. The Hall–Kier alpha value is -1.98. The van der Waals surface area contributed by atoms with Gasteiger partial charge in [-0.1, -0.05) is 32.9 Å². The fourth-order valence-corrected chi connectivity index (χ4v) is 2.35. The van der Waals surface area contributed by atoms with Crippen LogP contribution in [-0.4, -0.2) is 31.5 Å². The second-order valence-corrected chi connectivity index (χ2v) is 5.41. The number of aryl methyl sites for hydroxylation is 1. The molecule has 0 amide bonds. The van der Waals surface area contributed by atoms with Crippen molar-refractivity contribution in [2.45, 2.75) is 53.0 Å². The normalized spacial score (nSPS) is 11.1. The smallest absolute Gasteiger partial charge is 0.133 e. The fraction of sp³-hybridized carbons (Fsp3) is 0.600. The highest BCUT2D eigenvalue weighted by Gasteiger charge is 2.19. The number of aromatic nitrogens is 5. The zero-order valence-electron chi connectivity index (χ0n) is 13.3. The monoisotopic (exact) mass is 288 g/mol. The maximum absolute atomic E-state index is 4.50. The lowest BCUT2D eigenvalue weighted by Crippen LogP contribution is -2.11. The summed E-state index contributed by atoms with van der Waals surface area (Å²) in [6, 6.07) is 0. The van der Waals surface area contributed by atoms with Gasteiger partial charge in [0, 0.05) is 18.7 Å². The fourth-order valence-electron chi connectivity index (χ4n) is 2.35. The van der Waals surface area contributed by atoms with Crippen molar-refractivity contribution in [1.29, 1.82) is 0 Å². The van der Waals surface area contributed by atoms with E-state index in [4.69, 9.17) is 0 Å². The van der Waals surface area contributed by atoms with E-state index in [9.17, 15) is 0 Å². The third-order valence-electron chi connectivity index (χ3n) is 3.30. The number of anilines is 1. The first-order valence-electron chi connectivity index (χ1n) is 7.66. The molecule has 0 aromatic carbocycles. The van der Waals surface area contributed by atoms with Crippen molar-refractivity contribution in [3.63, 3.8) is 0 Å². The SMILES string of the molecule is CCCNc1ncnc(-c2cnnn2CCC)c1C(C)C. The van der Waals surface area contributed by atoms with Gasteiger partial charge < -0.3 is 5.32 Å². The Balaban J connectivity index is 2.49. The second-order valence-electron chi connectivity index (χ2n) is 5.41. The number of hydrogen-bond donors (Lipinski definition) is 1. The van der Waals surface area contributed by atoms with Gasteiger partial charge in [0.25, 0.3) is 0 Å². The summed E-state index contributed by atoms with van der Waals surface area (Å²) in [5, 5.41) is 11.6. The quantitative estimate of drug-likeness (QED) is 0.848. The molecule has 2 aromatic rings. The maximum atomic E-state index is 4.50. The van der Waals surface area contributed by atoms with E-state index in [1.165, 1.54) is 0 Å². The molecule has 0 aliphatic carbocycles. The zero-order valence-corrected chi connectivity index (χ0v) is 13.3. The van der Waals surface area contributed by atoms with Gasteiger partial charge in [-0.25, -0.2) is 14.6 Å². The summed E-state index contributed by atoms with van der Waals surface area (Å²) in [6.07, 6.45) is 5.47. The Morgan fingerprint density at radius 1 is 1.19 bits per heavy atom. The van der Waals surface area contributed by atoms with Crippen LogP contribution in [0.15, 0.2) is 12.5 Å². The minimum Gasteiger partial charge on any atom is -0.370 e. The van der Waals surface area contributed by atoms with Crippen LogP contribution < -0.4 is 5.32 Å². The molecule has 21 heavy (non-hydrogen) atoms. The van der Waals surface area contributed by atoms with Crippen molar-refractivity contribution in [1.82, 2.24) is 25.0 Å². The average Bonchev–Trinajstić information content (AvgIpc) is 2.93. The Morgan fingerprint density at radius 3 is 2.67 bits per heavy atom. The lowest BCUT2D eigenvalue weighted by molar-refractivity contribution is 0.582. The van der Waals surface area contributed by atoms with Crippen LogP contribution in [0, 0.1) is 0 Å². The molecule has 0 atom stereocenters. The molecule has 0 spiro atoms. The highest BCUT2D eigenvalue weighted by atomic mass is 15.4. The first-order valence-corrected chi connectivity index (χ1v) is 7.66. The molecule has 0 aliphatic heterocycles. The standard InChI is InChI=1S/C15H24N6/c1-5-7-16-15-13(11(3)4)14(17-10-18-15)12-9-19-20-21(12)8-6-2/h9-11H,5-8H2,1-4H3,(H,16,17,18). The molecule has 0 bridgehead atoms. The molecular weight excluding hydrogens is 264 g/mol. The number of nitrogens with zero attached hydrogens (tertiary/aromatic N) is 5. The molecule has 1 N–H and O–H groups in total. The summed E-state index contributed by atoms with van der Waals surface area (Å²) >= 11 is 0. The molecule has 6 nitrogen and oxygen atoms in total. The molecule has 0 fully saturated rings. The van der Waals surface area contributed by atoms with E-state index >= 15 is 0 Å². The van der Waals surface area contributed by atoms with Gasteiger partial charge in [0.2, 0.25) is 0 Å².